The molecule has 126 valence electrons. The zero-order valence-corrected chi connectivity index (χ0v) is 13.3. The van der Waals surface area contributed by atoms with Gasteiger partial charge in [0.05, 0.1) is 11.4 Å². The molecule has 1 unspecified atom stereocenters. The average molecular weight is 351 g/mol. The Balaban J connectivity index is 1.91. The first-order valence-corrected chi connectivity index (χ1v) is 8.76. The van der Waals surface area contributed by atoms with Gasteiger partial charge >= 0.3 is 10.2 Å². The number of nitrogens with one attached hydrogen (secondary N) is 1. The van der Waals surface area contributed by atoms with Crippen molar-refractivity contribution in [2.75, 3.05) is 17.2 Å². The molecule has 0 spiro atoms. The first-order chi connectivity index (χ1) is 11.3. The van der Waals surface area contributed by atoms with E-state index < -0.39 is 33.4 Å². The van der Waals surface area contributed by atoms with Crippen molar-refractivity contribution in [2.45, 2.75) is 6.42 Å². The Bertz CT molecular complexity index is 927. The van der Waals surface area contributed by atoms with Crippen LogP contribution in [0.3, 0.4) is 0 Å². The number of carbonyl (C=O) groups is 1. The number of rotatable bonds is 4. The summed E-state index contributed by atoms with van der Waals surface area (Å²) < 4.78 is 34.3. The van der Waals surface area contributed by atoms with Gasteiger partial charge in [-0.25, -0.2) is 4.98 Å². The van der Waals surface area contributed by atoms with Crippen LogP contribution in [0.25, 0.3) is 11.3 Å². The molecule has 1 fully saturated rings. The normalized spacial score (nSPS) is 18.1. The molecule has 9 heteroatoms. The van der Waals surface area contributed by atoms with Crippen LogP contribution >= 0.6 is 0 Å². The fraction of sp³-hybridized carbons (Fsp3) is 0.267. The lowest BCUT2D eigenvalue weighted by atomic mass is 10.1. The summed E-state index contributed by atoms with van der Waals surface area (Å²) in [6.07, 6.45) is -0.109. The number of aromatic nitrogens is 2. The maximum atomic E-state index is 12.8. The molecule has 0 saturated carbocycles. The average Bonchev–Trinajstić information content (AvgIpc) is 2.86. The van der Waals surface area contributed by atoms with Gasteiger partial charge in [-0.05, 0) is 0 Å². The van der Waals surface area contributed by atoms with Gasteiger partial charge in [0, 0.05) is 30.5 Å². The topological polar surface area (TPSA) is 100 Å². The molecule has 1 aliphatic rings. The van der Waals surface area contributed by atoms with E-state index in [1.54, 1.807) is 24.3 Å². The summed E-state index contributed by atoms with van der Waals surface area (Å²) in [7, 11) is -4.67. The van der Waals surface area contributed by atoms with Gasteiger partial charge < -0.3 is 0 Å². The Hall–Kier alpha value is -2.55. The monoisotopic (exact) mass is 351 g/mol. The third-order valence-corrected chi connectivity index (χ3v) is 4.56. The minimum absolute atomic E-state index is 0.0107. The first kappa shape index (κ1) is 16.3. The van der Waals surface area contributed by atoms with Crippen molar-refractivity contribution in [3.63, 3.8) is 0 Å². The molecule has 1 saturated heterocycles. The zero-order valence-electron chi connectivity index (χ0n) is 12.5. The number of halogens is 1. The van der Waals surface area contributed by atoms with Gasteiger partial charge in [-0.3, -0.25) is 19.5 Å². The largest absolute Gasteiger partial charge is 0.302 e. The Morgan fingerprint density at radius 1 is 1.25 bits per heavy atom. The third kappa shape index (κ3) is 3.67. The molecule has 1 aromatic heterocycles. The van der Waals surface area contributed by atoms with E-state index in [1.807, 2.05) is 6.07 Å². The van der Waals surface area contributed by atoms with Gasteiger partial charge in [-0.2, -0.15) is 8.42 Å². The Morgan fingerprint density at radius 2 is 1.96 bits per heavy atom. The van der Waals surface area contributed by atoms with E-state index >= 15 is 0 Å². The lowest BCUT2D eigenvalue weighted by Gasteiger charge is -2.15. The molecule has 1 atom stereocenters. The summed E-state index contributed by atoms with van der Waals surface area (Å²) in [6.45, 7) is -0.0107. The minimum atomic E-state index is -4.67. The van der Waals surface area contributed by atoms with E-state index in [9.17, 15) is 21.9 Å². The van der Waals surface area contributed by atoms with Crippen molar-refractivity contribution in [3.05, 3.63) is 46.8 Å². The van der Waals surface area contributed by atoms with Crippen LogP contribution in [-0.2, 0) is 15.0 Å². The maximum Gasteiger partial charge on any atom is 0.302 e. The van der Waals surface area contributed by atoms with Crippen LogP contribution in [0.15, 0.2) is 41.2 Å². The highest BCUT2D eigenvalue weighted by Gasteiger charge is 2.35. The minimum Gasteiger partial charge on any atom is -0.292 e. The lowest BCUT2D eigenvalue weighted by Crippen LogP contribution is -2.29. The van der Waals surface area contributed by atoms with E-state index in [0.29, 0.717) is 11.3 Å². The second-order valence-corrected chi connectivity index (χ2v) is 7.01. The number of hydrogen-bond donors (Lipinski definition) is 1. The Labute approximate surface area is 137 Å². The summed E-state index contributed by atoms with van der Waals surface area (Å²) >= 11 is 0. The van der Waals surface area contributed by atoms with Crippen molar-refractivity contribution in [1.82, 2.24) is 9.97 Å². The van der Waals surface area contributed by atoms with Crippen LogP contribution in [0.1, 0.15) is 6.42 Å². The molecule has 24 heavy (non-hydrogen) atoms. The van der Waals surface area contributed by atoms with Gasteiger partial charge in [0.25, 0.3) is 5.56 Å². The molecule has 2 heterocycles. The lowest BCUT2D eigenvalue weighted by molar-refractivity contribution is -0.117. The Morgan fingerprint density at radius 3 is 2.62 bits per heavy atom. The highest BCUT2D eigenvalue weighted by molar-refractivity contribution is 7.86. The number of H-pyrrole nitrogens is 1. The molecule has 7 nitrogen and oxygen atoms in total. The summed E-state index contributed by atoms with van der Waals surface area (Å²) in [4.78, 5) is 31.9. The fourth-order valence-corrected chi connectivity index (χ4v) is 3.50. The molecule has 1 aromatic carbocycles. The van der Waals surface area contributed by atoms with Crippen LogP contribution in [-0.4, -0.2) is 36.6 Å². The smallest absolute Gasteiger partial charge is 0.292 e. The number of carbonyl (C=O) groups excluding carboxylic acids is 1. The molecule has 0 aliphatic carbocycles. The molecule has 1 amide bonds. The number of anilines is 1. The van der Waals surface area contributed by atoms with E-state index in [1.165, 1.54) is 11.0 Å². The van der Waals surface area contributed by atoms with Crippen LogP contribution in [0, 0.1) is 5.92 Å². The van der Waals surface area contributed by atoms with Crippen LogP contribution in [0.5, 0.6) is 0 Å². The molecular weight excluding hydrogens is 337 g/mol. The summed E-state index contributed by atoms with van der Waals surface area (Å²) in [5, 5.41) is 0. The molecule has 2 aromatic rings. The Kier molecular flexibility index (Phi) is 4.18. The number of aromatic amines is 1. The van der Waals surface area contributed by atoms with Gasteiger partial charge in [0.2, 0.25) is 11.9 Å². The van der Waals surface area contributed by atoms with E-state index in [0.717, 1.165) is 0 Å². The molecule has 1 N–H and O–H groups in total. The van der Waals surface area contributed by atoms with Crippen molar-refractivity contribution in [1.29, 1.82) is 0 Å². The number of hydrogen-bond acceptors (Lipinski definition) is 5. The molecule has 0 bridgehead atoms. The van der Waals surface area contributed by atoms with E-state index in [-0.39, 0.29) is 18.9 Å². The summed E-state index contributed by atoms with van der Waals surface area (Å²) in [5.74, 6) is -1.77. The molecule has 1 aliphatic heterocycles. The van der Waals surface area contributed by atoms with Gasteiger partial charge in [0.1, 0.15) is 0 Å². The van der Waals surface area contributed by atoms with Crippen molar-refractivity contribution in [3.8, 4) is 11.3 Å². The van der Waals surface area contributed by atoms with Crippen LogP contribution in [0.2, 0.25) is 0 Å². The zero-order chi connectivity index (χ0) is 17.3. The standard InChI is InChI=1S/C15H14FN3O4S/c16-24(22,23)9-10-6-14(21)19(8-10)15-17-12(7-13(20)18-15)11-4-2-1-3-5-11/h1-5,7,10H,6,8-9H2,(H,17,18,20). The molecular formula is C15H14FN3O4S. The number of nitrogens with zero attached hydrogens (tertiary/aromatic N) is 2. The predicted octanol–water partition coefficient (Wildman–Crippen LogP) is 1.09. The molecule has 3 rings (SSSR count). The predicted molar refractivity (Wildman–Crippen MR) is 85.6 cm³/mol. The SMILES string of the molecule is O=C1CC(CS(=O)(=O)F)CN1c1nc(-c2ccccc2)cc(=O)[nH]1. The van der Waals surface area contributed by atoms with Crippen molar-refractivity contribution >= 4 is 22.1 Å². The van der Waals surface area contributed by atoms with Gasteiger partial charge in [-0.1, -0.05) is 30.3 Å². The second-order valence-electron chi connectivity index (χ2n) is 5.60. The highest BCUT2D eigenvalue weighted by Crippen LogP contribution is 2.25. The van der Waals surface area contributed by atoms with E-state index in [4.69, 9.17) is 0 Å². The second kappa shape index (κ2) is 6.16. The molecule has 0 radical (unpaired) electrons. The van der Waals surface area contributed by atoms with Crippen molar-refractivity contribution < 1.29 is 17.1 Å². The number of amides is 1. The van der Waals surface area contributed by atoms with Crippen molar-refractivity contribution in [2.24, 2.45) is 5.92 Å². The van der Waals surface area contributed by atoms with Gasteiger partial charge in [-0.15, -0.1) is 3.89 Å². The van der Waals surface area contributed by atoms with Crippen LogP contribution in [0.4, 0.5) is 9.83 Å². The fourth-order valence-electron chi connectivity index (χ4n) is 2.71. The van der Waals surface area contributed by atoms with E-state index in [2.05, 4.69) is 9.97 Å². The van der Waals surface area contributed by atoms with Gasteiger partial charge in [0.15, 0.2) is 0 Å². The quantitative estimate of drug-likeness (QED) is 0.831. The summed E-state index contributed by atoms with van der Waals surface area (Å²) in [5.41, 5.74) is 0.663. The summed E-state index contributed by atoms with van der Waals surface area (Å²) in [6, 6.07) is 10.3. The number of benzene rings is 1. The first-order valence-electron chi connectivity index (χ1n) is 7.21. The van der Waals surface area contributed by atoms with Crippen LogP contribution < -0.4 is 10.5 Å². The highest BCUT2D eigenvalue weighted by atomic mass is 32.3. The third-order valence-electron chi connectivity index (χ3n) is 3.69. The maximum absolute atomic E-state index is 12.8.